The van der Waals surface area contributed by atoms with Crippen molar-refractivity contribution in [3.63, 3.8) is 0 Å². The smallest absolute Gasteiger partial charge is 0.253 e. The van der Waals surface area contributed by atoms with E-state index in [1.54, 1.807) is 18.9 Å². The largest absolute Gasteiger partial charge is 0.506 e. The fraction of sp³-hybridized carbons (Fsp3) is 0.188. The van der Waals surface area contributed by atoms with Crippen molar-refractivity contribution in [3.8, 4) is 5.75 Å². The van der Waals surface area contributed by atoms with Crippen LogP contribution < -0.4 is 10.3 Å². The molecule has 3 heterocycles. The summed E-state index contributed by atoms with van der Waals surface area (Å²) in [6, 6.07) is 2.81. The van der Waals surface area contributed by atoms with Gasteiger partial charge < -0.3 is 18.8 Å². The summed E-state index contributed by atoms with van der Waals surface area (Å²) in [6.07, 6.45) is 1.37. The molecule has 1 aromatic carbocycles. The topological polar surface area (TPSA) is 87.1 Å². The Morgan fingerprint density at radius 3 is 2.71 bits per heavy atom. The normalized spacial score (nSPS) is 15.2. The molecule has 2 aromatic heterocycles. The Morgan fingerprint density at radius 2 is 2.04 bits per heavy atom. The minimum Gasteiger partial charge on any atom is -0.506 e. The number of fused-ring (bicyclic) bond motifs is 2. The van der Waals surface area contributed by atoms with Gasteiger partial charge in [0.05, 0.1) is 18.2 Å². The highest BCUT2D eigenvalue weighted by Crippen LogP contribution is 2.43. The summed E-state index contributed by atoms with van der Waals surface area (Å²) in [5, 5.41) is 11.0. The Hall–Kier alpha value is -2.87. The number of nitrogens with zero attached hydrogens (tertiary/aromatic N) is 2. The van der Waals surface area contributed by atoms with Crippen molar-refractivity contribution in [1.29, 1.82) is 0 Å². The van der Waals surface area contributed by atoms with Gasteiger partial charge in [-0.05, 0) is 25.2 Å². The molecular weight excluding hydrogens is 332 g/mol. The molecule has 3 aromatic rings. The first kappa shape index (κ1) is 14.7. The number of hydrogen-bond acceptors (Lipinski definition) is 6. The Labute approximate surface area is 140 Å². The van der Waals surface area contributed by atoms with Gasteiger partial charge in [0, 0.05) is 13.1 Å². The minimum atomic E-state index is -0.401. The lowest BCUT2D eigenvalue weighted by molar-refractivity contribution is -0.116. The van der Waals surface area contributed by atoms with Gasteiger partial charge in [-0.3, -0.25) is 9.59 Å². The molecule has 1 aliphatic heterocycles. The molecule has 0 bridgehead atoms. The number of anilines is 1. The minimum absolute atomic E-state index is 0.00495. The first-order chi connectivity index (χ1) is 11.4. The molecule has 0 aliphatic carbocycles. The van der Waals surface area contributed by atoms with Crippen molar-refractivity contribution in [3.05, 3.63) is 34.4 Å². The Balaban J connectivity index is 2.23. The number of phenols is 1. The van der Waals surface area contributed by atoms with Gasteiger partial charge in [-0.15, -0.1) is 0 Å². The van der Waals surface area contributed by atoms with Gasteiger partial charge in [0.2, 0.25) is 0 Å². The second kappa shape index (κ2) is 4.81. The number of aromatic hydroxyl groups is 1. The predicted octanol–water partition coefficient (Wildman–Crippen LogP) is 2.12. The maximum Gasteiger partial charge on any atom is 0.253 e. The van der Waals surface area contributed by atoms with Crippen LogP contribution in [0.5, 0.6) is 5.75 Å². The molecule has 1 saturated heterocycles. The van der Waals surface area contributed by atoms with Crippen molar-refractivity contribution in [2.24, 2.45) is 0 Å². The quantitative estimate of drug-likeness (QED) is 0.677. The molecule has 1 fully saturated rings. The van der Waals surface area contributed by atoms with E-state index in [4.69, 9.17) is 21.1 Å². The van der Waals surface area contributed by atoms with Gasteiger partial charge in [-0.2, -0.15) is 0 Å². The van der Waals surface area contributed by atoms with Gasteiger partial charge in [0.25, 0.3) is 5.91 Å². The number of benzene rings is 1. The molecule has 0 radical (unpaired) electrons. The molecule has 1 amide bonds. The molecule has 1 aliphatic rings. The van der Waals surface area contributed by atoms with Crippen molar-refractivity contribution >= 4 is 50.9 Å². The zero-order valence-electron chi connectivity index (χ0n) is 12.8. The first-order valence-electron chi connectivity index (χ1n) is 7.14. The third-order valence-electron chi connectivity index (χ3n) is 4.02. The fourth-order valence-electron chi connectivity index (χ4n) is 2.96. The molecule has 24 heavy (non-hydrogen) atoms. The van der Waals surface area contributed by atoms with Gasteiger partial charge in [0.1, 0.15) is 22.6 Å². The van der Waals surface area contributed by atoms with E-state index in [1.807, 2.05) is 0 Å². The molecule has 8 heteroatoms. The second-order valence-corrected chi connectivity index (χ2v) is 6.02. The summed E-state index contributed by atoms with van der Waals surface area (Å²) in [7, 11) is 1.70. The van der Waals surface area contributed by atoms with Crippen LogP contribution >= 0.6 is 12.2 Å². The number of carbonyl (C=O) groups is 1. The molecule has 0 atom stereocenters. The van der Waals surface area contributed by atoms with Gasteiger partial charge in [-0.1, -0.05) is 0 Å². The number of amides is 1. The van der Waals surface area contributed by atoms with Crippen LogP contribution in [-0.4, -0.2) is 34.6 Å². The van der Waals surface area contributed by atoms with Gasteiger partial charge in [-0.25, -0.2) is 4.90 Å². The van der Waals surface area contributed by atoms with Crippen LogP contribution in [0.25, 0.3) is 21.9 Å². The number of hydrogen-bond donors (Lipinski definition) is 1. The maximum absolute atomic E-state index is 12.4. The van der Waals surface area contributed by atoms with E-state index in [-0.39, 0.29) is 45.6 Å². The van der Waals surface area contributed by atoms with Crippen LogP contribution in [0, 0.1) is 6.92 Å². The molecule has 7 nitrogen and oxygen atoms in total. The lowest BCUT2D eigenvalue weighted by atomic mass is 10.1. The molecule has 4 rings (SSSR count). The average molecular weight is 344 g/mol. The molecule has 1 N–H and O–H groups in total. The van der Waals surface area contributed by atoms with Crippen LogP contribution in [0.1, 0.15) is 5.76 Å². The number of aryl methyl sites for hydroxylation is 1. The standard InChI is InChI=1S/C16H12N2O5S/c1-7-5-9(19)11-13(21)8-3-4-22-14(8)12(15(11)23-7)18-10(20)6-17(2)16(18)24/h3-5,21H,6H2,1-2H3. The highest BCUT2D eigenvalue weighted by molar-refractivity contribution is 7.80. The number of rotatable bonds is 1. The van der Waals surface area contributed by atoms with E-state index >= 15 is 0 Å². The third kappa shape index (κ3) is 1.80. The zero-order chi connectivity index (χ0) is 17.2. The van der Waals surface area contributed by atoms with E-state index in [9.17, 15) is 14.7 Å². The van der Waals surface area contributed by atoms with Crippen LogP contribution in [0.4, 0.5) is 5.69 Å². The number of carbonyl (C=O) groups excluding carboxylic acids is 1. The van der Waals surface area contributed by atoms with E-state index < -0.39 is 5.43 Å². The summed E-state index contributed by atoms with van der Waals surface area (Å²) < 4.78 is 11.2. The number of furan rings is 1. The molecule has 0 saturated carbocycles. The Bertz CT molecular complexity index is 1100. The van der Waals surface area contributed by atoms with Crippen LogP contribution in [-0.2, 0) is 4.79 Å². The lowest BCUT2D eigenvalue weighted by Crippen LogP contribution is -2.31. The summed E-state index contributed by atoms with van der Waals surface area (Å²) in [4.78, 5) is 27.7. The molecule has 0 unspecified atom stereocenters. The monoisotopic (exact) mass is 344 g/mol. The van der Waals surface area contributed by atoms with Crippen LogP contribution in [0.15, 0.2) is 32.0 Å². The average Bonchev–Trinajstić information content (AvgIpc) is 3.07. The van der Waals surface area contributed by atoms with E-state index in [1.165, 1.54) is 23.3 Å². The van der Waals surface area contributed by atoms with Gasteiger partial charge in [0.15, 0.2) is 21.7 Å². The molecule has 0 spiro atoms. The van der Waals surface area contributed by atoms with Crippen LogP contribution in [0.2, 0.25) is 0 Å². The summed E-state index contributed by atoms with van der Waals surface area (Å²) in [5.74, 6) is -0.154. The predicted molar refractivity (Wildman–Crippen MR) is 91.4 cm³/mol. The summed E-state index contributed by atoms with van der Waals surface area (Å²) in [6.45, 7) is 1.73. The highest BCUT2D eigenvalue weighted by atomic mass is 32.1. The van der Waals surface area contributed by atoms with Crippen molar-refractivity contribution < 1.29 is 18.7 Å². The summed E-state index contributed by atoms with van der Waals surface area (Å²) in [5.41, 5.74) is 0.148. The molecular formula is C16H12N2O5S. The first-order valence-corrected chi connectivity index (χ1v) is 7.55. The Morgan fingerprint density at radius 1 is 1.29 bits per heavy atom. The lowest BCUT2D eigenvalue weighted by Gasteiger charge is -2.19. The summed E-state index contributed by atoms with van der Waals surface area (Å²) >= 11 is 5.33. The van der Waals surface area contributed by atoms with Crippen molar-refractivity contribution in [2.45, 2.75) is 6.92 Å². The second-order valence-electron chi connectivity index (χ2n) is 5.65. The number of thiocarbonyl (C=S) groups is 1. The van der Waals surface area contributed by atoms with Crippen molar-refractivity contribution in [2.75, 3.05) is 18.5 Å². The van der Waals surface area contributed by atoms with E-state index in [0.29, 0.717) is 11.1 Å². The SMILES string of the molecule is Cc1cc(=O)c2c(O)c3ccoc3c(N3C(=O)CN(C)C3=S)c2o1. The van der Waals surface area contributed by atoms with E-state index in [2.05, 4.69) is 0 Å². The third-order valence-corrected chi connectivity index (χ3v) is 4.52. The zero-order valence-corrected chi connectivity index (χ0v) is 13.6. The fourth-order valence-corrected chi connectivity index (χ4v) is 3.22. The Kier molecular flexibility index (Phi) is 2.95. The maximum atomic E-state index is 12.4. The van der Waals surface area contributed by atoms with Gasteiger partial charge >= 0.3 is 0 Å². The molecule has 122 valence electrons. The van der Waals surface area contributed by atoms with E-state index in [0.717, 1.165) is 0 Å². The van der Waals surface area contributed by atoms with Crippen molar-refractivity contribution in [1.82, 2.24) is 4.90 Å². The van der Waals surface area contributed by atoms with Crippen LogP contribution in [0.3, 0.4) is 0 Å². The highest BCUT2D eigenvalue weighted by Gasteiger charge is 2.36. The number of likely N-dealkylation sites (N-methyl/N-ethyl adjacent to an activating group) is 1. The number of phenolic OH excluding ortho intramolecular Hbond substituents is 1.